The molecule has 1 unspecified atom stereocenters. The van der Waals surface area contributed by atoms with Gasteiger partial charge < -0.3 is 5.32 Å². The fourth-order valence-electron chi connectivity index (χ4n) is 2.76. The number of hydrogen-bond donors (Lipinski definition) is 2. The van der Waals surface area contributed by atoms with Gasteiger partial charge in [0.25, 0.3) is 15.9 Å². The Balaban J connectivity index is 1.66. The molecular formula is C17H15N5O3S. The molecule has 0 fully saturated rings. The zero-order valence-corrected chi connectivity index (χ0v) is 14.6. The van der Waals surface area contributed by atoms with Crippen LogP contribution in [0.25, 0.3) is 5.69 Å². The summed E-state index contributed by atoms with van der Waals surface area (Å²) in [7, 11) is -3.74. The van der Waals surface area contributed by atoms with E-state index in [-0.39, 0.29) is 22.7 Å². The molecule has 0 aliphatic carbocycles. The van der Waals surface area contributed by atoms with E-state index in [1.807, 2.05) is 37.3 Å². The van der Waals surface area contributed by atoms with Crippen LogP contribution in [-0.4, -0.2) is 29.1 Å². The van der Waals surface area contributed by atoms with Crippen LogP contribution in [0.5, 0.6) is 0 Å². The molecule has 1 aliphatic rings. The number of fused-ring (bicyclic) bond motifs is 3. The molecule has 2 heterocycles. The molecule has 9 heteroatoms. The van der Waals surface area contributed by atoms with E-state index < -0.39 is 15.9 Å². The third kappa shape index (κ3) is 2.72. The molecular weight excluding hydrogens is 354 g/mol. The molecule has 0 bridgehead atoms. The molecule has 26 heavy (non-hydrogen) atoms. The maximum absolute atomic E-state index is 12.5. The summed E-state index contributed by atoms with van der Waals surface area (Å²) in [4.78, 5) is 16.6. The average Bonchev–Trinajstić information content (AvgIpc) is 3.06. The van der Waals surface area contributed by atoms with Gasteiger partial charge in [-0.15, -0.1) is 5.10 Å². The van der Waals surface area contributed by atoms with E-state index in [2.05, 4.69) is 20.1 Å². The van der Waals surface area contributed by atoms with Gasteiger partial charge in [0.2, 0.25) is 11.8 Å². The normalized spacial score (nSPS) is 15.3. The highest BCUT2D eigenvalue weighted by atomic mass is 32.2. The van der Waals surface area contributed by atoms with Gasteiger partial charge in [-0.25, -0.2) is 13.1 Å². The van der Waals surface area contributed by atoms with Gasteiger partial charge in [-0.3, -0.25) is 4.79 Å². The standard InChI is InChI=1S/C17H15N5O3S/c1-11(12-7-3-2-4-8-12)18-16(23)15-19-17-21-26(24,25)14-10-6-5-9-13(14)22(17)20-15/h2-11H,1H3,(H,18,23)(H,19,20,21). The fraction of sp³-hybridized carbons (Fsp3) is 0.118. The lowest BCUT2D eigenvalue weighted by Gasteiger charge is -2.17. The highest BCUT2D eigenvalue weighted by molar-refractivity contribution is 7.92. The number of hydrogen-bond acceptors (Lipinski definition) is 5. The van der Waals surface area contributed by atoms with Gasteiger partial charge in [0.1, 0.15) is 4.90 Å². The summed E-state index contributed by atoms with van der Waals surface area (Å²) in [6, 6.07) is 15.6. The maximum Gasteiger partial charge on any atom is 0.291 e. The first kappa shape index (κ1) is 16.3. The molecule has 2 N–H and O–H groups in total. The first-order valence-corrected chi connectivity index (χ1v) is 9.39. The van der Waals surface area contributed by atoms with E-state index in [4.69, 9.17) is 0 Å². The second-order valence-corrected chi connectivity index (χ2v) is 7.50. The number of nitrogens with zero attached hydrogens (tertiary/aromatic N) is 3. The second kappa shape index (κ2) is 5.95. The van der Waals surface area contributed by atoms with Gasteiger partial charge in [-0.05, 0) is 24.6 Å². The quantitative estimate of drug-likeness (QED) is 0.733. The summed E-state index contributed by atoms with van der Waals surface area (Å²) in [5.41, 5.74) is 1.29. The summed E-state index contributed by atoms with van der Waals surface area (Å²) in [6.45, 7) is 1.85. The van der Waals surface area contributed by atoms with Crippen molar-refractivity contribution >= 4 is 21.9 Å². The number of para-hydroxylation sites is 1. The van der Waals surface area contributed by atoms with Crippen molar-refractivity contribution in [2.45, 2.75) is 17.9 Å². The lowest BCUT2D eigenvalue weighted by molar-refractivity contribution is 0.0929. The van der Waals surface area contributed by atoms with E-state index in [1.54, 1.807) is 18.2 Å². The summed E-state index contributed by atoms with van der Waals surface area (Å²) in [5.74, 6) is -0.608. The van der Waals surface area contributed by atoms with Crippen molar-refractivity contribution < 1.29 is 13.2 Å². The van der Waals surface area contributed by atoms with Gasteiger partial charge in [-0.1, -0.05) is 42.5 Å². The van der Waals surface area contributed by atoms with Crippen molar-refractivity contribution in [1.29, 1.82) is 0 Å². The number of aromatic nitrogens is 3. The molecule has 4 rings (SSSR count). The van der Waals surface area contributed by atoms with Gasteiger partial charge in [-0.2, -0.15) is 9.67 Å². The molecule has 1 amide bonds. The van der Waals surface area contributed by atoms with Crippen LogP contribution < -0.4 is 10.0 Å². The zero-order chi connectivity index (χ0) is 18.3. The highest BCUT2D eigenvalue weighted by Gasteiger charge is 2.31. The molecule has 0 spiro atoms. The first-order valence-electron chi connectivity index (χ1n) is 7.91. The first-order chi connectivity index (χ1) is 12.5. The largest absolute Gasteiger partial charge is 0.343 e. The minimum atomic E-state index is -3.74. The molecule has 132 valence electrons. The molecule has 0 saturated carbocycles. The Kier molecular flexibility index (Phi) is 3.73. The number of carbonyl (C=O) groups is 1. The molecule has 2 aromatic carbocycles. The van der Waals surface area contributed by atoms with Crippen LogP contribution in [0.2, 0.25) is 0 Å². The highest BCUT2D eigenvalue weighted by Crippen LogP contribution is 2.29. The van der Waals surface area contributed by atoms with E-state index in [0.717, 1.165) is 5.56 Å². The van der Waals surface area contributed by atoms with Crippen molar-refractivity contribution in [1.82, 2.24) is 20.1 Å². The minimum absolute atomic E-state index is 0.0128. The molecule has 1 atom stereocenters. The van der Waals surface area contributed by atoms with Crippen LogP contribution in [0.4, 0.5) is 5.95 Å². The lowest BCUT2D eigenvalue weighted by Crippen LogP contribution is -2.27. The molecule has 0 radical (unpaired) electrons. The van der Waals surface area contributed by atoms with Crippen LogP contribution in [0.1, 0.15) is 29.1 Å². The second-order valence-electron chi connectivity index (χ2n) is 5.85. The molecule has 1 aliphatic heterocycles. The van der Waals surface area contributed by atoms with Gasteiger partial charge in [0, 0.05) is 0 Å². The summed E-state index contributed by atoms with van der Waals surface area (Å²) >= 11 is 0. The monoisotopic (exact) mass is 369 g/mol. The van der Waals surface area contributed by atoms with Crippen molar-refractivity contribution in [2.75, 3.05) is 4.72 Å². The zero-order valence-electron chi connectivity index (χ0n) is 13.7. The third-order valence-corrected chi connectivity index (χ3v) is 5.44. The van der Waals surface area contributed by atoms with Crippen molar-refractivity contribution in [3.8, 4) is 5.69 Å². The minimum Gasteiger partial charge on any atom is -0.343 e. The van der Waals surface area contributed by atoms with Crippen molar-refractivity contribution in [2.24, 2.45) is 0 Å². The predicted molar refractivity (Wildman–Crippen MR) is 94.5 cm³/mol. The Morgan fingerprint density at radius 1 is 1.12 bits per heavy atom. The maximum atomic E-state index is 12.5. The van der Waals surface area contributed by atoms with E-state index in [1.165, 1.54) is 10.7 Å². The van der Waals surface area contributed by atoms with Crippen LogP contribution in [0.15, 0.2) is 59.5 Å². The lowest BCUT2D eigenvalue weighted by atomic mass is 10.1. The van der Waals surface area contributed by atoms with E-state index in [0.29, 0.717) is 5.69 Å². The number of amides is 1. The SMILES string of the molecule is CC(NC(=O)c1nc2n(n1)-c1ccccc1S(=O)(=O)N2)c1ccccc1. The van der Waals surface area contributed by atoms with Gasteiger partial charge in [0.15, 0.2) is 0 Å². The Labute approximate surface area is 149 Å². The van der Waals surface area contributed by atoms with E-state index in [9.17, 15) is 13.2 Å². The Morgan fingerprint density at radius 2 is 1.81 bits per heavy atom. The smallest absolute Gasteiger partial charge is 0.291 e. The summed E-state index contributed by atoms with van der Waals surface area (Å²) in [6.07, 6.45) is 0. The van der Waals surface area contributed by atoms with Gasteiger partial charge in [0.05, 0.1) is 11.7 Å². The van der Waals surface area contributed by atoms with Crippen molar-refractivity contribution in [3.05, 3.63) is 66.0 Å². The van der Waals surface area contributed by atoms with Crippen LogP contribution >= 0.6 is 0 Å². The number of benzene rings is 2. The Hall–Kier alpha value is -3.20. The van der Waals surface area contributed by atoms with Crippen molar-refractivity contribution in [3.63, 3.8) is 0 Å². The van der Waals surface area contributed by atoms with E-state index >= 15 is 0 Å². The number of sulfonamides is 1. The third-order valence-electron chi connectivity index (χ3n) is 4.07. The average molecular weight is 369 g/mol. The van der Waals surface area contributed by atoms with Crippen LogP contribution in [0, 0.1) is 0 Å². The Morgan fingerprint density at radius 3 is 2.58 bits per heavy atom. The van der Waals surface area contributed by atoms with Crippen LogP contribution in [0.3, 0.4) is 0 Å². The number of nitrogens with one attached hydrogen (secondary N) is 2. The topological polar surface area (TPSA) is 106 Å². The molecule has 8 nitrogen and oxygen atoms in total. The number of carbonyl (C=O) groups excluding carboxylic acids is 1. The molecule has 0 saturated heterocycles. The Bertz CT molecular complexity index is 1090. The summed E-state index contributed by atoms with van der Waals surface area (Å²) in [5, 5.41) is 6.98. The fourth-order valence-corrected chi connectivity index (χ4v) is 3.93. The predicted octanol–water partition coefficient (Wildman–Crippen LogP) is 1.87. The number of rotatable bonds is 3. The van der Waals surface area contributed by atoms with Gasteiger partial charge >= 0.3 is 0 Å². The molecule has 3 aromatic rings. The number of anilines is 1. The van der Waals surface area contributed by atoms with Crippen LogP contribution in [-0.2, 0) is 10.0 Å². The summed E-state index contributed by atoms with van der Waals surface area (Å²) < 4.78 is 28.2. The molecule has 1 aromatic heterocycles.